The Labute approximate surface area is 169 Å². The molecule has 6 nitrogen and oxygen atoms in total. The molecule has 0 aliphatic heterocycles. The zero-order chi connectivity index (χ0) is 19.8. The van der Waals surface area contributed by atoms with Crippen molar-refractivity contribution in [2.75, 3.05) is 0 Å². The van der Waals surface area contributed by atoms with Gasteiger partial charge in [-0.1, -0.05) is 41.1 Å². The average molecular weight is 440 g/mol. The molecule has 0 unspecified atom stereocenters. The number of aromatic nitrogens is 1. The molecule has 0 saturated carbocycles. The third-order valence-electron chi connectivity index (χ3n) is 4.70. The van der Waals surface area contributed by atoms with Gasteiger partial charge in [-0.3, -0.25) is 4.79 Å². The summed E-state index contributed by atoms with van der Waals surface area (Å²) in [5, 5.41) is 20.2. The highest BCUT2D eigenvalue weighted by Crippen LogP contribution is 2.40. The fraction of sp³-hybridized carbons (Fsp3) is 0.190. The predicted molar refractivity (Wildman–Crippen MR) is 111 cm³/mol. The van der Waals surface area contributed by atoms with Crippen molar-refractivity contribution < 1.29 is 14.3 Å². The molecule has 28 heavy (non-hydrogen) atoms. The Balaban J connectivity index is 1.77. The van der Waals surface area contributed by atoms with Crippen molar-refractivity contribution in [3.8, 4) is 5.88 Å². The summed E-state index contributed by atoms with van der Waals surface area (Å²) < 4.78 is 8.27. The normalized spacial score (nSPS) is 11.8. The van der Waals surface area contributed by atoms with Crippen LogP contribution in [-0.4, -0.2) is 15.6 Å². The molecule has 2 aromatic heterocycles. The summed E-state index contributed by atoms with van der Waals surface area (Å²) in [6, 6.07) is 13.1. The number of azo groups is 1. The summed E-state index contributed by atoms with van der Waals surface area (Å²) >= 11 is 3.44. The maximum absolute atomic E-state index is 12.6. The molecule has 1 N–H and O–H groups in total. The van der Waals surface area contributed by atoms with Crippen LogP contribution < -0.4 is 0 Å². The molecule has 0 saturated heterocycles. The Morgan fingerprint density at radius 2 is 2.00 bits per heavy atom. The van der Waals surface area contributed by atoms with E-state index in [-0.39, 0.29) is 17.3 Å². The smallest absolute Gasteiger partial charge is 0.331 e. The Kier molecular flexibility index (Phi) is 4.77. The highest BCUT2D eigenvalue weighted by atomic mass is 79.9. The van der Waals surface area contributed by atoms with Gasteiger partial charge in [0.05, 0.1) is 5.52 Å². The summed E-state index contributed by atoms with van der Waals surface area (Å²) in [6.07, 6.45) is 0.848. The standard InChI is InChI=1S/C21H18BrN3O3/c1-3-10-25-16-9-8-13(22)11-15(16)18(21(25)27)23-24-20(26)19-12(2)14-6-4-5-7-17(14)28-19/h4-9,11,27H,3,10H2,1-2H3. The van der Waals surface area contributed by atoms with Crippen LogP contribution in [0, 0.1) is 6.92 Å². The summed E-state index contributed by atoms with van der Waals surface area (Å²) in [5.74, 6) is -0.435. The zero-order valence-electron chi connectivity index (χ0n) is 15.4. The first-order chi connectivity index (χ1) is 13.5. The number of benzene rings is 2. The van der Waals surface area contributed by atoms with E-state index in [0.29, 0.717) is 12.1 Å². The molecule has 4 rings (SSSR count). The number of amides is 1. The lowest BCUT2D eigenvalue weighted by molar-refractivity contribution is 0.0970. The van der Waals surface area contributed by atoms with E-state index in [2.05, 4.69) is 26.2 Å². The van der Waals surface area contributed by atoms with Gasteiger partial charge in [0.15, 0.2) is 11.4 Å². The third kappa shape index (κ3) is 3.01. The molecule has 2 aromatic carbocycles. The first-order valence-corrected chi connectivity index (χ1v) is 9.75. The molecule has 7 heteroatoms. The molecule has 0 atom stereocenters. The molecule has 2 heterocycles. The highest BCUT2D eigenvalue weighted by molar-refractivity contribution is 9.10. The number of furan rings is 1. The first-order valence-electron chi connectivity index (χ1n) is 8.96. The van der Waals surface area contributed by atoms with Crippen molar-refractivity contribution in [1.29, 1.82) is 0 Å². The van der Waals surface area contributed by atoms with Crippen LogP contribution in [0.2, 0.25) is 0 Å². The number of nitrogens with zero attached hydrogens (tertiary/aromatic N) is 3. The van der Waals surface area contributed by atoms with Crippen molar-refractivity contribution in [2.24, 2.45) is 10.2 Å². The van der Waals surface area contributed by atoms with Crippen LogP contribution in [0.25, 0.3) is 21.9 Å². The van der Waals surface area contributed by atoms with Crippen LogP contribution in [0.4, 0.5) is 5.69 Å². The van der Waals surface area contributed by atoms with Crippen molar-refractivity contribution in [3.63, 3.8) is 0 Å². The second kappa shape index (κ2) is 7.24. The third-order valence-corrected chi connectivity index (χ3v) is 5.19. The lowest BCUT2D eigenvalue weighted by Gasteiger charge is -2.03. The van der Waals surface area contributed by atoms with Crippen LogP contribution in [-0.2, 0) is 6.54 Å². The zero-order valence-corrected chi connectivity index (χ0v) is 17.0. The van der Waals surface area contributed by atoms with Crippen LogP contribution in [0.1, 0.15) is 29.5 Å². The van der Waals surface area contributed by atoms with Crippen LogP contribution in [0.15, 0.2) is 61.6 Å². The average Bonchev–Trinajstić information content (AvgIpc) is 3.15. The number of hydrogen-bond donors (Lipinski definition) is 1. The number of aryl methyl sites for hydroxylation is 2. The van der Waals surface area contributed by atoms with E-state index in [4.69, 9.17) is 4.42 Å². The molecular formula is C21H18BrN3O3. The minimum atomic E-state index is -0.584. The largest absolute Gasteiger partial charge is 0.493 e. The van der Waals surface area contributed by atoms with E-state index in [0.717, 1.165) is 32.7 Å². The number of para-hydroxylation sites is 1. The molecule has 0 aliphatic rings. The summed E-state index contributed by atoms with van der Waals surface area (Å²) in [6.45, 7) is 4.48. The Hall–Kier alpha value is -2.93. The van der Waals surface area contributed by atoms with Gasteiger partial charge in [0.2, 0.25) is 5.88 Å². The molecule has 0 fully saturated rings. The SMILES string of the molecule is CCCn1c(O)c(N=NC(=O)c2oc3ccccc3c2C)c2cc(Br)ccc21. The Bertz CT molecular complexity index is 1240. The Morgan fingerprint density at radius 1 is 1.21 bits per heavy atom. The van der Waals surface area contributed by atoms with Crippen LogP contribution >= 0.6 is 15.9 Å². The van der Waals surface area contributed by atoms with Gasteiger partial charge in [-0.05, 0) is 37.6 Å². The van der Waals surface area contributed by atoms with Gasteiger partial charge < -0.3 is 14.1 Å². The summed E-state index contributed by atoms with van der Waals surface area (Å²) in [4.78, 5) is 12.6. The lowest BCUT2D eigenvalue weighted by Crippen LogP contribution is -1.95. The number of hydrogen-bond acceptors (Lipinski definition) is 4. The lowest BCUT2D eigenvalue weighted by atomic mass is 10.1. The van der Waals surface area contributed by atoms with E-state index in [9.17, 15) is 9.90 Å². The minimum absolute atomic E-state index is 0.00664. The number of aromatic hydroxyl groups is 1. The molecule has 0 radical (unpaired) electrons. The molecule has 142 valence electrons. The highest BCUT2D eigenvalue weighted by Gasteiger charge is 2.20. The maximum atomic E-state index is 12.6. The van der Waals surface area contributed by atoms with E-state index >= 15 is 0 Å². The topological polar surface area (TPSA) is 80.1 Å². The predicted octanol–water partition coefficient (Wildman–Crippen LogP) is 6.50. The molecule has 0 aliphatic carbocycles. The molecular weight excluding hydrogens is 422 g/mol. The van der Waals surface area contributed by atoms with E-state index in [1.165, 1.54) is 0 Å². The quantitative estimate of drug-likeness (QED) is 0.368. The number of rotatable bonds is 4. The van der Waals surface area contributed by atoms with Crippen LogP contribution in [0.5, 0.6) is 5.88 Å². The second-order valence-corrected chi connectivity index (χ2v) is 7.46. The van der Waals surface area contributed by atoms with Gasteiger partial charge >= 0.3 is 5.91 Å². The van der Waals surface area contributed by atoms with Gasteiger partial charge in [-0.2, -0.15) is 0 Å². The minimum Gasteiger partial charge on any atom is -0.493 e. The van der Waals surface area contributed by atoms with Gasteiger partial charge in [0, 0.05) is 27.4 Å². The molecule has 0 spiro atoms. The number of carbonyl (C=O) groups excluding carboxylic acids is 1. The molecule has 4 aromatic rings. The maximum Gasteiger partial charge on any atom is 0.331 e. The molecule has 0 bridgehead atoms. The fourth-order valence-corrected chi connectivity index (χ4v) is 3.72. The Morgan fingerprint density at radius 3 is 2.75 bits per heavy atom. The van der Waals surface area contributed by atoms with Gasteiger partial charge in [0.1, 0.15) is 5.58 Å². The van der Waals surface area contributed by atoms with Crippen LogP contribution in [0.3, 0.4) is 0 Å². The first kappa shape index (κ1) is 18.4. The van der Waals surface area contributed by atoms with E-state index < -0.39 is 5.91 Å². The second-order valence-electron chi connectivity index (χ2n) is 6.54. The number of fused-ring (bicyclic) bond motifs is 2. The van der Waals surface area contributed by atoms with Crippen molar-refractivity contribution in [3.05, 3.63) is 58.3 Å². The summed E-state index contributed by atoms with van der Waals surface area (Å²) in [7, 11) is 0. The fourth-order valence-electron chi connectivity index (χ4n) is 3.36. The number of carbonyl (C=O) groups is 1. The number of halogens is 1. The van der Waals surface area contributed by atoms with Gasteiger partial charge in [0.25, 0.3) is 0 Å². The van der Waals surface area contributed by atoms with Crippen molar-refractivity contribution >= 4 is 49.4 Å². The van der Waals surface area contributed by atoms with Gasteiger partial charge in [-0.15, -0.1) is 10.2 Å². The van der Waals surface area contributed by atoms with Crippen molar-refractivity contribution in [2.45, 2.75) is 26.8 Å². The van der Waals surface area contributed by atoms with Gasteiger partial charge in [-0.25, -0.2) is 0 Å². The molecule has 1 amide bonds. The van der Waals surface area contributed by atoms with Crippen molar-refractivity contribution in [1.82, 2.24) is 4.57 Å². The van der Waals surface area contributed by atoms with E-state index in [1.54, 1.807) is 10.6 Å². The monoisotopic (exact) mass is 439 g/mol. The summed E-state index contributed by atoms with van der Waals surface area (Å²) in [5.41, 5.74) is 2.46. The van der Waals surface area contributed by atoms with E-state index in [1.807, 2.05) is 50.2 Å².